The van der Waals surface area contributed by atoms with Gasteiger partial charge in [0, 0.05) is 1.37 Å². The fourth-order valence-electron chi connectivity index (χ4n) is 2.94. The number of aliphatic hydroxyl groups excluding tert-OH is 1. The van der Waals surface area contributed by atoms with Crippen molar-refractivity contribution in [2.75, 3.05) is 19.9 Å². The first-order chi connectivity index (χ1) is 12.0. The minimum atomic E-state index is -0.868. The van der Waals surface area contributed by atoms with Crippen LogP contribution >= 0.6 is 0 Å². The van der Waals surface area contributed by atoms with Crippen molar-refractivity contribution in [2.24, 2.45) is 0 Å². The van der Waals surface area contributed by atoms with Gasteiger partial charge in [0.15, 0.2) is 0 Å². The lowest BCUT2D eigenvalue weighted by Gasteiger charge is -2.19. The summed E-state index contributed by atoms with van der Waals surface area (Å²) < 4.78 is 23.5. The Bertz CT molecular complexity index is 624. The van der Waals surface area contributed by atoms with Gasteiger partial charge >= 0.3 is 0 Å². The fraction of sp³-hybridized carbons (Fsp3) is 0.500. The molecule has 4 atom stereocenters. The summed E-state index contributed by atoms with van der Waals surface area (Å²) in [4.78, 5) is 25.5. The highest BCUT2D eigenvalue weighted by Crippen LogP contribution is 2.23. The molecular weight excluding hydrogens is 313 g/mol. The number of nitrogens with zero attached hydrogens (tertiary/aromatic N) is 1. The Morgan fingerprint density at radius 1 is 1.33 bits per heavy atom. The molecular formula is C16H20BNO6. The van der Waals surface area contributed by atoms with Crippen molar-refractivity contribution >= 4 is 19.7 Å². The summed E-state index contributed by atoms with van der Waals surface area (Å²) >= 11 is 0. The maximum absolute atomic E-state index is 12.2. The standard InChI is InChI=1S/C16H20BNO6/c1-9-12(19)13(14(17)24-9)23-8-22-7-6-18-15(20)10-4-2-3-5-11(10)16(18)21/h2-5,9,12-14,19H,6-8,17H2,1H3/t9-,12+,13?,14-/m1/s1/i1D. The zero-order valence-electron chi connectivity index (χ0n) is 14.4. The van der Waals surface area contributed by atoms with Crippen LogP contribution in [-0.4, -0.2) is 73.9 Å². The first kappa shape index (κ1) is 15.8. The fourth-order valence-corrected chi connectivity index (χ4v) is 2.94. The van der Waals surface area contributed by atoms with Crippen LogP contribution in [0.15, 0.2) is 24.3 Å². The molecule has 2 heterocycles. The van der Waals surface area contributed by atoms with Crippen LogP contribution in [0.3, 0.4) is 0 Å². The maximum atomic E-state index is 12.2. The number of hydrogen-bond acceptors (Lipinski definition) is 6. The molecule has 2 aliphatic rings. The summed E-state index contributed by atoms with van der Waals surface area (Å²) in [5.74, 6) is -0.645. The maximum Gasteiger partial charge on any atom is 0.261 e. The molecule has 8 heteroatoms. The number of imide groups is 1. The number of benzene rings is 1. The molecule has 128 valence electrons. The molecule has 3 rings (SSSR count). The first-order valence-corrected chi connectivity index (χ1v) is 7.82. The van der Waals surface area contributed by atoms with Gasteiger partial charge in [-0.3, -0.25) is 14.5 Å². The van der Waals surface area contributed by atoms with Crippen LogP contribution < -0.4 is 0 Å². The quantitative estimate of drug-likeness (QED) is 0.323. The Morgan fingerprint density at radius 2 is 2.00 bits per heavy atom. The van der Waals surface area contributed by atoms with Gasteiger partial charge in [-0.2, -0.15) is 0 Å². The number of carbonyl (C=O) groups excluding carboxylic acids is 2. The number of fused-ring (bicyclic) bond motifs is 1. The van der Waals surface area contributed by atoms with Gasteiger partial charge in [-0.1, -0.05) is 12.1 Å². The van der Waals surface area contributed by atoms with Crippen molar-refractivity contribution in [3.05, 3.63) is 35.4 Å². The average Bonchev–Trinajstić information content (AvgIpc) is 3.03. The third-order valence-corrected chi connectivity index (χ3v) is 4.25. The van der Waals surface area contributed by atoms with E-state index in [1.54, 1.807) is 32.1 Å². The van der Waals surface area contributed by atoms with E-state index in [0.717, 1.165) is 4.90 Å². The molecule has 0 aliphatic carbocycles. The van der Waals surface area contributed by atoms with Gasteiger partial charge in [0.1, 0.15) is 26.8 Å². The molecule has 1 N–H and O–H groups in total. The normalized spacial score (nSPS) is 29.9. The summed E-state index contributed by atoms with van der Waals surface area (Å²) in [6.45, 7) is 0.130. The highest BCUT2D eigenvalue weighted by molar-refractivity contribution is 6.21. The monoisotopic (exact) mass is 334 g/mol. The molecule has 2 aliphatic heterocycles. The lowest BCUT2D eigenvalue weighted by atomic mass is 9.93. The molecule has 1 saturated heterocycles. The second-order valence-corrected chi connectivity index (χ2v) is 5.84. The number of carbonyl (C=O) groups is 2. The molecule has 0 aromatic heterocycles. The highest BCUT2D eigenvalue weighted by Gasteiger charge is 2.39. The molecule has 0 radical (unpaired) electrons. The molecule has 1 aromatic rings. The van der Waals surface area contributed by atoms with Crippen molar-refractivity contribution in [3.8, 4) is 0 Å². The molecule has 0 spiro atoms. The van der Waals surface area contributed by atoms with Crippen molar-refractivity contribution < 1.29 is 30.3 Å². The number of amides is 2. The van der Waals surface area contributed by atoms with E-state index in [4.69, 9.17) is 15.6 Å². The van der Waals surface area contributed by atoms with Crippen LogP contribution in [0.5, 0.6) is 0 Å². The Labute approximate surface area is 142 Å². The summed E-state index contributed by atoms with van der Waals surface area (Å²) in [5.41, 5.74) is 0.815. The molecule has 24 heavy (non-hydrogen) atoms. The molecule has 1 aromatic carbocycles. The predicted octanol–water partition coefficient (Wildman–Crippen LogP) is -0.619. The van der Waals surface area contributed by atoms with Gasteiger partial charge in [0.2, 0.25) is 0 Å². The minimum Gasteiger partial charge on any atom is -0.388 e. The van der Waals surface area contributed by atoms with E-state index in [0.29, 0.717) is 11.1 Å². The van der Waals surface area contributed by atoms with Crippen LogP contribution in [0.2, 0.25) is 0 Å². The predicted molar refractivity (Wildman–Crippen MR) is 86.4 cm³/mol. The summed E-state index contributed by atoms with van der Waals surface area (Å²) in [6.07, 6.45) is -1.99. The lowest BCUT2D eigenvalue weighted by molar-refractivity contribution is -0.117. The summed E-state index contributed by atoms with van der Waals surface area (Å²) in [7, 11) is 1.77. The van der Waals surface area contributed by atoms with Gasteiger partial charge in [0.25, 0.3) is 11.8 Å². The molecule has 0 saturated carbocycles. The number of hydrogen-bond donors (Lipinski definition) is 1. The first-order valence-electron chi connectivity index (χ1n) is 8.52. The van der Waals surface area contributed by atoms with E-state index in [9.17, 15) is 14.7 Å². The average molecular weight is 334 g/mol. The third kappa shape index (κ3) is 3.10. The van der Waals surface area contributed by atoms with Crippen LogP contribution in [0.4, 0.5) is 0 Å². The zero-order valence-corrected chi connectivity index (χ0v) is 13.4. The van der Waals surface area contributed by atoms with E-state index in [-0.39, 0.29) is 44.7 Å². The Morgan fingerprint density at radius 3 is 2.58 bits per heavy atom. The van der Waals surface area contributed by atoms with Crippen LogP contribution in [0.25, 0.3) is 0 Å². The third-order valence-electron chi connectivity index (χ3n) is 4.25. The van der Waals surface area contributed by atoms with E-state index < -0.39 is 18.3 Å². The van der Waals surface area contributed by atoms with E-state index in [2.05, 4.69) is 0 Å². The topological polar surface area (TPSA) is 85.3 Å². The number of aliphatic hydroxyl groups is 1. The lowest BCUT2D eigenvalue weighted by Crippen LogP contribution is -2.36. The Kier molecular flexibility index (Phi) is 4.61. The van der Waals surface area contributed by atoms with Crippen LogP contribution in [-0.2, 0) is 14.2 Å². The number of ether oxygens (including phenoxy) is 3. The van der Waals surface area contributed by atoms with Crippen molar-refractivity contribution in [2.45, 2.75) is 31.2 Å². The molecule has 0 bridgehead atoms. The van der Waals surface area contributed by atoms with E-state index in [1.807, 2.05) is 0 Å². The van der Waals surface area contributed by atoms with E-state index >= 15 is 0 Å². The van der Waals surface area contributed by atoms with Crippen molar-refractivity contribution in [1.29, 1.82) is 0 Å². The summed E-state index contributed by atoms with van der Waals surface area (Å²) in [6, 6.07) is 6.37. The zero-order chi connectivity index (χ0) is 18.0. The van der Waals surface area contributed by atoms with Gasteiger partial charge < -0.3 is 19.3 Å². The van der Waals surface area contributed by atoms with Crippen LogP contribution in [0, 0.1) is 0 Å². The van der Waals surface area contributed by atoms with Crippen molar-refractivity contribution in [3.63, 3.8) is 0 Å². The second-order valence-electron chi connectivity index (χ2n) is 5.84. The van der Waals surface area contributed by atoms with Gasteiger partial charge in [0.05, 0.1) is 36.4 Å². The van der Waals surface area contributed by atoms with Gasteiger partial charge in [-0.15, -0.1) is 0 Å². The molecule has 2 amide bonds. The molecule has 7 nitrogen and oxygen atoms in total. The SMILES string of the molecule is [2H]C[C@H]1O[C@@H](B)C(OCOCCN2C(=O)c3ccccc3C2=O)[C@H]1O. The van der Waals surface area contributed by atoms with Gasteiger partial charge in [-0.25, -0.2) is 0 Å². The van der Waals surface area contributed by atoms with Gasteiger partial charge in [-0.05, 0) is 19.0 Å². The molecule has 1 fully saturated rings. The van der Waals surface area contributed by atoms with Crippen molar-refractivity contribution in [1.82, 2.24) is 4.90 Å². The number of rotatable bonds is 6. The second kappa shape index (κ2) is 7.02. The highest BCUT2D eigenvalue weighted by atomic mass is 16.7. The van der Waals surface area contributed by atoms with E-state index in [1.165, 1.54) is 0 Å². The Balaban J connectivity index is 1.43. The Hall–Kier alpha value is -1.74. The molecule has 1 unspecified atom stereocenters. The largest absolute Gasteiger partial charge is 0.388 e. The minimum absolute atomic E-state index is 0.0357. The summed E-state index contributed by atoms with van der Waals surface area (Å²) in [5, 5.41) is 9.99. The smallest absolute Gasteiger partial charge is 0.261 e. The van der Waals surface area contributed by atoms with Crippen LogP contribution in [0.1, 0.15) is 29.0 Å².